The molecule has 3 heterocycles. The maximum absolute atomic E-state index is 12.2. The van der Waals surface area contributed by atoms with Crippen molar-refractivity contribution in [3.05, 3.63) is 53.5 Å². The molecule has 2 aromatic heterocycles. The quantitative estimate of drug-likeness (QED) is 0.549. The molecule has 1 aliphatic heterocycles. The fourth-order valence-electron chi connectivity index (χ4n) is 3.90. The van der Waals surface area contributed by atoms with E-state index < -0.39 is 15.6 Å². The number of nitrogens with zero attached hydrogens (tertiary/aromatic N) is 7. The van der Waals surface area contributed by atoms with Gasteiger partial charge in [-0.1, -0.05) is 0 Å². The highest BCUT2D eigenvalue weighted by atomic mass is 32.2. The summed E-state index contributed by atoms with van der Waals surface area (Å²) in [6.45, 7) is 5.86. The average molecular weight is 477 g/mol. The highest BCUT2D eigenvalue weighted by molar-refractivity contribution is 7.89. The summed E-state index contributed by atoms with van der Waals surface area (Å²) in [4.78, 5) is 9.21. The van der Waals surface area contributed by atoms with Gasteiger partial charge >= 0.3 is 0 Å². The van der Waals surface area contributed by atoms with E-state index in [0.29, 0.717) is 17.2 Å². The molecule has 1 N–H and O–H groups in total. The van der Waals surface area contributed by atoms with Crippen LogP contribution in [0.25, 0.3) is 11.3 Å². The van der Waals surface area contributed by atoms with E-state index in [1.54, 1.807) is 42.1 Å². The summed E-state index contributed by atoms with van der Waals surface area (Å²) in [6, 6.07) is 11.3. The van der Waals surface area contributed by atoms with Gasteiger partial charge in [0.2, 0.25) is 16.0 Å². The van der Waals surface area contributed by atoms with Crippen LogP contribution in [0.4, 0.5) is 11.6 Å². The zero-order valence-corrected chi connectivity index (χ0v) is 20.0. The third-order valence-corrected chi connectivity index (χ3v) is 7.88. The molecule has 1 aromatic carbocycles. The monoisotopic (exact) mass is 476 g/mol. The van der Waals surface area contributed by atoms with Gasteiger partial charge in [0.1, 0.15) is 5.54 Å². The largest absolute Gasteiger partial charge is 0.324 e. The number of nitrogens with one attached hydrogen (secondary N) is 1. The molecule has 1 saturated heterocycles. The van der Waals surface area contributed by atoms with Crippen LogP contribution in [0.5, 0.6) is 0 Å². The number of aryl methyl sites for hydroxylation is 1. The Balaban J connectivity index is 1.63. The first-order valence-electron chi connectivity index (χ1n) is 10.7. The van der Waals surface area contributed by atoms with Crippen molar-refractivity contribution in [3.8, 4) is 23.4 Å². The molecule has 0 bridgehead atoms. The Morgan fingerprint density at radius 1 is 1.15 bits per heavy atom. The minimum Gasteiger partial charge on any atom is -0.324 e. The molecule has 0 saturated carbocycles. The third kappa shape index (κ3) is 4.23. The predicted molar refractivity (Wildman–Crippen MR) is 126 cm³/mol. The molecular weight excluding hydrogens is 452 g/mol. The van der Waals surface area contributed by atoms with E-state index in [4.69, 9.17) is 5.26 Å². The average Bonchev–Trinajstić information content (AvgIpc) is 3.29. The lowest BCUT2D eigenvalue weighted by Gasteiger charge is -2.47. The third-order valence-electron chi connectivity index (χ3n) is 6.11. The van der Waals surface area contributed by atoms with Gasteiger partial charge in [0.05, 0.1) is 41.8 Å². The van der Waals surface area contributed by atoms with E-state index >= 15 is 0 Å². The van der Waals surface area contributed by atoms with E-state index in [1.807, 2.05) is 20.0 Å². The van der Waals surface area contributed by atoms with Crippen LogP contribution in [0.15, 0.2) is 36.7 Å². The molecule has 0 amide bonds. The van der Waals surface area contributed by atoms with Gasteiger partial charge in [-0.2, -0.15) is 19.9 Å². The van der Waals surface area contributed by atoms with Crippen LogP contribution in [0, 0.1) is 36.5 Å². The fraction of sp³-hybridized carbons (Fsp3) is 0.348. The molecule has 174 valence electrons. The number of sulfonamides is 1. The Hall–Kier alpha value is -3.80. The van der Waals surface area contributed by atoms with Crippen LogP contribution in [0.1, 0.15) is 30.2 Å². The molecule has 0 spiro atoms. The second-order valence-corrected chi connectivity index (χ2v) is 10.6. The lowest BCUT2D eigenvalue weighted by Crippen LogP contribution is -2.64. The molecule has 1 aliphatic rings. The van der Waals surface area contributed by atoms with Crippen LogP contribution in [0.3, 0.4) is 0 Å². The molecule has 3 aromatic rings. The topological polar surface area (TPSA) is 141 Å². The summed E-state index contributed by atoms with van der Waals surface area (Å²) in [5.41, 5.74) is 3.75. The minimum atomic E-state index is -3.32. The molecule has 0 radical (unpaired) electrons. The molecule has 11 heteroatoms. The van der Waals surface area contributed by atoms with Gasteiger partial charge in [-0.05, 0) is 50.6 Å². The molecule has 0 unspecified atom stereocenters. The first kappa shape index (κ1) is 23.4. The Morgan fingerprint density at radius 3 is 2.47 bits per heavy atom. The number of hydrogen-bond acceptors (Lipinski definition) is 8. The summed E-state index contributed by atoms with van der Waals surface area (Å²) < 4.78 is 27.5. The second-order valence-electron chi connectivity index (χ2n) is 8.32. The summed E-state index contributed by atoms with van der Waals surface area (Å²) in [5.74, 6) is 0.431. The molecule has 10 nitrogen and oxygen atoms in total. The van der Waals surface area contributed by atoms with Gasteiger partial charge in [0, 0.05) is 36.2 Å². The van der Waals surface area contributed by atoms with Crippen molar-refractivity contribution in [2.45, 2.75) is 32.7 Å². The highest BCUT2D eigenvalue weighted by Crippen LogP contribution is 2.35. The lowest BCUT2D eigenvalue weighted by molar-refractivity contribution is 0.0719. The molecule has 1 fully saturated rings. The maximum atomic E-state index is 12.2. The number of anilines is 2. The van der Waals surface area contributed by atoms with Crippen LogP contribution < -0.4 is 5.32 Å². The van der Waals surface area contributed by atoms with E-state index in [-0.39, 0.29) is 25.3 Å². The van der Waals surface area contributed by atoms with E-state index in [0.717, 1.165) is 22.5 Å². The van der Waals surface area contributed by atoms with Crippen molar-refractivity contribution in [2.75, 3.05) is 24.2 Å². The van der Waals surface area contributed by atoms with Crippen molar-refractivity contribution in [1.29, 1.82) is 10.5 Å². The van der Waals surface area contributed by atoms with Crippen molar-refractivity contribution in [3.63, 3.8) is 0 Å². The van der Waals surface area contributed by atoms with Crippen LogP contribution >= 0.6 is 0 Å². The lowest BCUT2D eigenvalue weighted by atomic mass is 9.89. The fourth-order valence-corrected chi connectivity index (χ4v) is 5.14. The van der Waals surface area contributed by atoms with Crippen LogP contribution in [-0.4, -0.2) is 51.3 Å². The smallest absolute Gasteiger partial charge is 0.228 e. The molecule has 34 heavy (non-hydrogen) atoms. The Kier molecular flexibility index (Phi) is 6.09. The van der Waals surface area contributed by atoms with E-state index in [1.165, 1.54) is 4.31 Å². The molecule has 0 atom stereocenters. The van der Waals surface area contributed by atoms with E-state index in [2.05, 4.69) is 32.5 Å². The SMILES string of the molecule is CCS(=O)(=O)N1CC(CC#N)(n2cc(-c3nc(Nc4ccc(C#N)cc4)nc(C)c3C)cn2)C1. The van der Waals surface area contributed by atoms with Gasteiger partial charge in [-0.25, -0.2) is 18.4 Å². The van der Waals surface area contributed by atoms with Crippen LogP contribution in [0.2, 0.25) is 0 Å². The number of rotatable bonds is 7. The first-order valence-corrected chi connectivity index (χ1v) is 12.3. The number of hydrogen-bond donors (Lipinski definition) is 1. The van der Waals surface area contributed by atoms with Gasteiger partial charge < -0.3 is 5.32 Å². The van der Waals surface area contributed by atoms with Crippen molar-refractivity contribution in [1.82, 2.24) is 24.1 Å². The minimum absolute atomic E-state index is 0.0222. The standard InChI is InChI=1S/C23H24N8O2S/c1-4-34(32,33)30-14-23(15-30,9-10-24)31-13-19(12-26-31)21-16(2)17(3)27-22(29-21)28-20-7-5-18(11-25)6-8-20/h5-8,12-13H,4,9,14-15H2,1-3H3,(H,27,28,29). The summed E-state index contributed by atoms with van der Waals surface area (Å²) in [7, 11) is -3.32. The normalized spacial score (nSPS) is 15.2. The number of aromatic nitrogens is 4. The van der Waals surface area contributed by atoms with Crippen molar-refractivity contribution in [2.24, 2.45) is 0 Å². The maximum Gasteiger partial charge on any atom is 0.228 e. The first-order chi connectivity index (χ1) is 16.2. The summed E-state index contributed by atoms with van der Waals surface area (Å²) in [6.07, 6.45) is 3.64. The second kappa shape index (κ2) is 8.86. The van der Waals surface area contributed by atoms with Gasteiger partial charge in [0.25, 0.3) is 0 Å². The highest BCUT2D eigenvalue weighted by Gasteiger charge is 2.49. The molecular formula is C23H24N8O2S. The van der Waals surface area contributed by atoms with E-state index in [9.17, 15) is 13.7 Å². The van der Waals surface area contributed by atoms with Gasteiger partial charge in [-0.15, -0.1) is 0 Å². The van der Waals surface area contributed by atoms with Gasteiger partial charge in [-0.3, -0.25) is 4.68 Å². The zero-order chi connectivity index (χ0) is 24.5. The van der Waals surface area contributed by atoms with Crippen LogP contribution in [-0.2, 0) is 15.6 Å². The van der Waals surface area contributed by atoms with Crippen molar-refractivity contribution < 1.29 is 8.42 Å². The van der Waals surface area contributed by atoms with Gasteiger partial charge in [0.15, 0.2) is 0 Å². The Labute approximate surface area is 198 Å². The molecule has 0 aliphatic carbocycles. The Morgan fingerprint density at radius 2 is 1.85 bits per heavy atom. The zero-order valence-electron chi connectivity index (χ0n) is 19.1. The predicted octanol–water partition coefficient (Wildman–Crippen LogP) is 2.85. The Bertz CT molecular complexity index is 1410. The number of nitriles is 2. The molecule has 4 rings (SSSR count). The summed E-state index contributed by atoms with van der Waals surface area (Å²) >= 11 is 0. The summed E-state index contributed by atoms with van der Waals surface area (Å²) in [5, 5.41) is 26.0. The van der Waals surface area contributed by atoms with Crippen molar-refractivity contribution >= 4 is 21.7 Å². The number of benzene rings is 1.